The molecule has 30 heavy (non-hydrogen) atoms. The van der Waals surface area contributed by atoms with Gasteiger partial charge in [0.15, 0.2) is 0 Å². The van der Waals surface area contributed by atoms with Crippen LogP contribution in [-0.2, 0) is 14.3 Å². The molecule has 4 aliphatic rings. The lowest BCUT2D eigenvalue weighted by atomic mass is 9.73. The molecular formula is C24H28N2O4. The normalized spacial score (nSPS) is 29.0. The van der Waals surface area contributed by atoms with Crippen LogP contribution < -0.4 is 0 Å². The van der Waals surface area contributed by atoms with Crippen LogP contribution in [0.3, 0.4) is 0 Å². The second-order valence-electron chi connectivity index (χ2n) is 8.92. The number of carbonyl (C=O) groups excluding carboxylic acids is 2. The van der Waals surface area contributed by atoms with E-state index in [9.17, 15) is 14.7 Å². The summed E-state index contributed by atoms with van der Waals surface area (Å²) in [5, 5.41) is 9.95. The molecule has 6 heteroatoms. The SMILES string of the molecule is O=C(C1CCOCC1)N1CC(=O)N2[C@H](CO)[C@H](c3ccc(C#CC4CC4)cc3)[C@H]2C1. The molecule has 3 heterocycles. The molecule has 0 unspecified atom stereocenters. The summed E-state index contributed by atoms with van der Waals surface area (Å²) in [4.78, 5) is 29.3. The molecule has 0 spiro atoms. The second-order valence-corrected chi connectivity index (χ2v) is 8.92. The minimum absolute atomic E-state index is 0.0367. The van der Waals surface area contributed by atoms with Gasteiger partial charge in [0, 0.05) is 43.1 Å². The maximum Gasteiger partial charge on any atom is 0.242 e. The molecule has 3 atom stereocenters. The third-order valence-corrected chi connectivity index (χ3v) is 6.93. The zero-order valence-electron chi connectivity index (χ0n) is 17.1. The third kappa shape index (κ3) is 3.61. The maximum absolute atomic E-state index is 13.0. The summed E-state index contributed by atoms with van der Waals surface area (Å²) in [7, 11) is 0. The van der Waals surface area contributed by atoms with E-state index in [1.165, 1.54) is 12.8 Å². The van der Waals surface area contributed by atoms with Gasteiger partial charge in [-0.3, -0.25) is 9.59 Å². The molecule has 1 aliphatic carbocycles. The third-order valence-electron chi connectivity index (χ3n) is 6.93. The van der Waals surface area contributed by atoms with Crippen LogP contribution >= 0.6 is 0 Å². The first-order valence-electron chi connectivity index (χ1n) is 11.1. The van der Waals surface area contributed by atoms with Crippen LogP contribution in [-0.4, -0.2) is 71.7 Å². The van der Waals surface area contributed by atoms with E-state index in [2.05, 4.69) is 24.0 Å². The Labute approximate surface area is 177 Å². The number of aliphatic hydroxyl groups is 1. The summed E-state index contributed by atoms with van der Waals surface area (Å²) < 4.78 is 5.37. The van der Waals surface area contributed by atoms with Crippen molar-refractivity contribution in [1.29, 1.82) is 0 Å². The van der Waals surface area contributed by atoms with Gasteiger partial charge in [0.1, 0.15) is 0 Å². The van der Waals surface area contributed by atoms with Crippen LogP contribution in [0.2, 0.25) is 0 Å². The van der Waals surface area contributed by atoms with Gasteiger partial charge in [-0.1, -0.05) is 24.0 Å². The maximum atomic E-state index is 13.0. The summed E-state index contributed by atoms with van der Waals surface area (Å²) in [6.45, 7) is 1.81. The van der Waals surface area contributed by atoms with Crippen molar-refractivity contribution in [3.05, 3.63) is 35.4 Å². The molecular weight excluding hydrogens is 380 g/mol. The predicted molar refractivity (Wildman–Crippen MR) is 110 cm³/mol. The monoisotopic (exact) mass is 408 g/mol. The molecule has 158 valence electrons. The lowest BCUT2D eigenvalue weighted by Gasteiger charge is -2.59. The van der Waals surface area contributed by atoms with Crippen molar-refractivity contribution in [3.63, 3.8) is 0 Å². The Hall–Kier alpha value is -2.36. The fourth-order valence-corrected chi connectivity index (χ4v) is 5.07. The zero-order chi connectivity index (χ0) is 20.7. The van der Waals surface area contributed by atoms with E-state index in [1.54, 1.807) is 9.80 Å². The number of piperazine rings is 1. The van der Waals surface area contributed by atoms with E-state index in [0.717, 1.165) is 24.0 Å². The quantitative estimate of drug-likeness (QED) is 0.767. The van der Waals surface area contributed by atoms with Crippen molar-refractivity contribution >= 4 is 11.8 Å². The first-order valence-corrected chi connectivity index (χ1v) is 11.1. The number of nitrogens with zero attached hydrogens (tertiary/aromatic N) is 2. The molecule has 1 saturated carbocycles. The summed E-state index contributed by atoms with van der Waals surface area (Å²) in [6, 6.07) is 7.88. The van der Waals surface area contributed by atoms with Gasteiger partial charge in [-0.2, -0.15) is 0 Å². The van der Waals surface area contributed by atoms with E-state index < -0.39 is 0 Å². The summed E-state index contributed by atoms with van der Waals surface area (Å²) in [5.74, 6) is 7.07. The Bertz CT molecular complexity index is 877. The average molecular weight is 408 g/mol. The number of aliphatic hydroxyl groups excluding tert-OH is 1. The Kier molecular flexibility index (Phi) is 5.26. The van der Waals surface area contributed by atoms with Crippen LogP contribution in [0.25, 0.3) is 0 Å². The molecule has 1 aromatic rings. The molecule has 6 nitrogen and oxygen atoms in total. The molecule has 0 aromatic heterocycles. The topological polar surface area (TPSA) is 70.1 Å². The summed E-state index contributed by atoms with van der Waals surface area (Å²) in [6.07, 6.45) is 3.87. The van der Waals surface area contributed by atoms with Crippen LogP contribution in [0.15, 0.2) is 24.3 Å². The summed E-state index contributed by atoms with van der Waals surface area (Å²) in [5.41, 5.74) is 2.10. The number of benzene rings is 1. The van der Waals surface area contributed by atoms with Crippen LogP contribution in [0.4, 0.5) is 0 Å². The highest BCUT2D eigenvalue weighted by atomic mass is 16.5. The van der Waals surface area contributed by atoms with Gasteiger partial charge in [0.05, 0.1) is 25.2 Å². The minimum atomic E-state index is -0.216. The lowest BCUT2D eigenvalue weighted by molar-refractivity contribution is -0.169. The standard InChI is InChI=1S/C24H28N2O4/c27-15-21-23(18-7-5-17(6-8-18)4-3-16-1-2-16)20-13-25(14-22(28)26(20)21)24(29)19-9-11-30-12-10-19/h5-8,16,19-21,23,27H,1-2,9-15H2/t20-,21-,23-/m1/s1. The Morgan fingerprint density at radius 3 is 2.53 bits per heavy atom. The van der Waals surface area contributed by atoms with E-state index in [4.69, 9.17) is 4.74 Å². The summed E-state index contributed by atoms with van der Waals surface area (Å²) >= 11 is 0. The molecule has 4 fully saturated rings. The van der Waals surface area contributed by atoms with Crippen molar-refractivity contribution < 1.29 is 19.4 Å². The van der Waals surface area contributed by atoms with Gasteiger partial charge >= 0.3 is 0 Å². The van der Waals surface area contributed by atoms with Crippen molar-refractivity contribution in [2.45, 2.75) is 43.7 Å². The van der Waals surface area contributed by atoms with Crippen LogP contribution in [0.1, 0.15) is 42.7 Å². The molecule has 0 radical (unpaired) electrons. The number of ether oxygens (including phenoxy) is 1. The highest BCUT2D eigenvalue weighted by Gasteiger charge is 2.54. The highest BCUT2D eigenvalue weighted by Crippen LogP contribution is 2.43. The largest absolute Gasteiger partial charge is 0.394 e. The molecule has 1 aromatic carbocycles. The first-order chi connectivity index (χ1) is 14.7. The van der Waals surface area contributed by atoms with Crippen LogP contribution in [0.5, 0.6) is 0 Å². The van der Waals surface area contributed by atoms with Crippen molar-refractivity contribution in [3.8, 4) is 11.8 Å². The number of rotatable bonds is 3. The van der Waals surface area contributed by atoms with E-state index in [-0.39, 0.29) is 48.9 Å². The number of fused-ring (bicyclic) bond motifs is 1. The van der Waals surface area contributed by atoms with Crippen LogP contribution in [0, 0.1) is 23.7 Å². The number of hydrogen-bond donors (Lipinski definition) is 1. The first kappa shape index (κ1) is 19.6. The van der Waals surface area contributed by atoms with Crippen molar-refractivity contribution in [1.82, 2.24) is 9.80 Å². The molecule has 3 aliphatic heterocycles. The van der Waals surface area contributed by atoms with Crippen molar-refractivity contribution in [2.75, 3.05) is 32.9 Å². The average Bonchev–Trinajstić information content (AvgIpc) is 3.59. The fraction of sp³-hybridized carbons (Fsp3) is 0.583. The number of hydrogen-bond acceptors (Lipinski definition) is 4. The second kappa shape index (κ2) is 8.05. The molecule has 1 N–H and O–H groups in total. The molecule has 2 amide bonds. The van der Waals surface area contributed by atoms with Crippen molar-refractivity contribution in [2.24, 2.45) is 11.8 Å². The molecule has 0 bridgehead atoms. The van der Waals surface area contributed by atoms with Gasteiger partial charge < -0.3 is 19.6 Å². The zero-order valence-corrected chi connectivity index (χ0v) is 17.1. The van der Waals surface area contributed by atoms with E-state index in [0.29, 0.717) is 25.7 Å². The number of amides is 2. The van der Waals surface area contributed by atoms with E-state index >= 15 is 0 Å². The van der Waals surface area contributed by atoms with Gasteiger partial charge in [0.25, 0.3) is 0 Å². The smallest absolute Gasteiger partial charge is 0.242 e. The minimum Gasteiger partial charge on any atom is -0.394 e. The Morgan fingerprint density at radius 2 is 1.87 bits per heavy atom. The number of carbonyl (C=O) groups is 2. The molecule has 3 saturated heterocycles. The van der Waals surface area contributed by atoms with Gasteiger partial charge in [0.2, 0.25) is 11.8 Å². The Morgan fingerprint density at radius 1 is 1.13 bits per heavy atom. The highest BCUT2D eigenvalue weighted by molar-refractivity contribution is 5.88. The van der Waals surface area contributed by atoms with Gasteiger partial charge in [-0.05, 0) is 43.4 Å². The Balaban J connectivity index is 1.32. The fourth-order valence-electron chi connectivity index (χ4n) is 5.07. The molecule has 5 rings (SSSR count). The van der Waals surface area contributed by atoms with Gasteiger partial charge in [-0.15, -0.1) is 0 Å². The predicted octanol–water partition coefficient (Wildman–Crippen LogP) is 1.37. The van der Waals surface area contributed by atoms with Gasteiger partial charge in [-0.25, -0.2) is 0 Å². The van der Waals surface area contributed by atoms with E-state index in [1.807, 2.05) is 12.1 Å². The lowest BCUT2D eigenvalue weighted by Crippen LogP contribution is -2.73.